The summed E-state index contributed by atoms with van der Waals surface area (Å²) >= 11 is 0. The van der Waals surface area contributed by atoms with Crippen molar-refractivity contribution in [3.63, 3.8) is 0 Å². The van der Waals surface area contributed by atoms with Gasteiger partial charge in [-0.25, -0.2) is 9.97 Å². The first-order valence-corrected chi connectivity index (χ1v) is 6.40. The molecule has 0 spiro atoms. The molecule has 1 heterocycles. The fraction of sp³-hybridized carbons (Fsp3) is 0.267. The molecule has 1 unspecified atom stereocenters. The maximum atomic E-state index is 11.4. The first-order valence-electron chi connectivity index (χ1n) is 6.40. The SMILES string of the molecule is Cc1cc(NCC(C(=O)O)c2ccccc2)nc(C)n1. The van der Waals surface area contributed by atoms with Crippen molar-refractivity contribution in [1.82, 2.24) is 9.97 Å². The Morgan fingerprint density at radius 2 is 1.95 bits per heavy atom. The van der Waals surface area contributed by atoms with E-state index in [2.05, 4.69) is 15.3 Å². The molecule has 104 valence electrons. The van der Waals surface area contributed by atoms with Crippen LogP contribution in [0.3, 0.4) is 0 Å². The molecule has 1 aromatic heterocycles. The second-order valence-electron chi connectivity index (χ2n) is 4.62. The number of rotatable bonds is 5. The molecule has 0 radical (unpaired) electrons. The van der Waals surface area contributed by atoms with Gasteiger partial charge in [-0.3, -0.25) is 4.79 Å². The number of carboxylic acid groups (broad SMARTS) is 1. The minimum absolute atomic E-state index is 0.287. The van der Waals surface area contributed by atoms with Gasteiger partial charge in [-0.15, -0.1) is 0 Å². The molecular weight excluding hydrogens is 254 g/mol. The molecule has 0 aliphatic heterocycles. The van der Waals surface area contributed by atoms with E-state index in [1.807, 2.05) is 44.2 Å². The van der Waals surface area contributed by atoms with Gasteiger partial charge in [-0.2, -0.15) is 0 Å². The second kappa shape index (κ2) is 6.14. The fourth-order valence-electron chi connectivity index (χ4n) is 2.05. The molecule has 0 saturated carbocycles. The summed E-state index contributed by atoms with van der Waals surface area (Å²) in [6.45, 7) is 3.98. The van der Waals surface area contributed by atoms with Crippen molar-refractivity contribution >= 4 is 11.8 Å². The van der Waals surface area contributed by atoms with Gasteiger partial charge < -0.3 is 10.4 Å². The topological polar surface area (TPSA) is 75.1 Å². The van der Waals surface area contributed by atoms with Crippen LogP contribution in [0.25, 0.3) is 0 Å². The lowest BCUT2D eigenvalue weighted by Crippen LogP contribution is -2.21. The van der Waals surface area contributed by atoms with Crippen LogP contribution in [0.2, 0.25) is 0 Å². The largest absolute Gasteiger partial charge is 0.481 e. The fourth-order valence-corrected chi connectivity index (χ4v) is 2.05. The molecule has 1 atom stereocenters. The van der Waals surface area contributed by atoms with Crippen LogP contribution in [0.1, 0.15) is 23.0 Å². The lowest BCUT2D eigenvalue weighted by molar-refractivity contribution is -0.138. The maximum Gasteiger partial charge on any atom is 0.312 e. The van der Waals surface area contributed by atoms with Gasteiger partial charge in [0.15, 0.2) is 0 Å². The monoisotopic (exact) mass is 271 g/mol. The second-order valence-corrected chi connectivity index (χ2v) is 4.62. The Morgan fingerprint density at radius 1 is 1.25 bits per heavy atom. The highest BCUT2D eigenvalue weighted by atomic mass is 16.4. The molecule has 0 bridgehead atoms. The van der Waals surface area contributed by atoms with E-state index in [1.54, 1.807) is 6.07 Å². The van der Waals surface area contributed by atoms with Crippen molar-refractivity contribution in [3.05, 3.63) is 53.5 Å². The van der Waals surface area contributed by atoms with Crippen molar-refractivity contribution in [2.75, 3.05) is 11.9 Å². The molecule has 0 aliphatic rings. The minimum atomic E-state index is -0.855. The first-order chi connectivity index (χ1) is 9.56. The number of anilines is 1. The highest BCUT2D eigenvalue weighted by molar-refractivity contribution is 5.76. The third kappa shape index (κ3) is 3.54. The van der Waals surface area contributed by atoms with Crippen molar-refractivity contribution in [2.45, 2.75) is 19.8 Å². The molecule has 2 rings (SSSR count). The van der Waals surface area contributed by atoms with Gasteiger partial charge in [0.1, 0.15) is 11.6 Å². The molecule has 5 heteroatoms. The van der Waals surface area contributed by atoms with Gasteiger partial charge in [0.05, 0.1) is 5.92 Å². The maximum absolute atomic E-state index is 11.4. The van der Waals surface area contributed by atoms with E-state index in [4.69, 9.17) is 0 Å². The summed E-state index contributed by atoms with van der Waals surface area (Å²) in [4.78, 5) is 19.8. The number of carboxylic acids is 1. The predicted octanol–water partition coefficient (Wildman–Crippen LogP) is 2.37. The van der Waals surface area contributed by atoms with E-state index in [-0.39, 0.29) is 6.54 Å². The Balaban J connectivity index is 2.12. The highest BCUT2D eigenvalue weighted by Gasteiger charge is 2.19. The summed E-state index contributed by atoms with van der Waals surface area (Å²) in [5.41, 5.74) is 1.63. The zero-order valence-corrected chi connectivity index (χ0v) is 11.5. The zero-order valence-electron chi connectivity index (χ0n) is 11.5. The summed E-state index contributed by atoms with van der Waals surface area (Å²) < 4.78 is 0. The molecular formula is C15H17N3O2. The van der Waals surface area contributed by atoms with Gasteiger partial charge in [0.2, 0.25) is 0 Å². The Hall–Kier alpha value is -2.43. The van der Waals surface area contributed by atoms with E-state index < -0.39 is 11.9 Å². The van der Waals surface area contributed by atoms with Crippen LogP contribution in [0.4, 0.5) is 5.82 Å². The van der Waals surface area contributed by atoms with Gasteiger partial charge in [0, 0.05) is 18.3 Å². The van der Waals surface area contributed by atoms with Crippen LogP contribution in [0, 0.1) is 13.8 Å². The normalized spacial score (nSPS) is 11.9. The third-order valence-corrected chi connectivity index (χ3v) is 2.95. The van der Waals surface area contributed by atoms with Gasteiger partial charge >= 0.3 is 5.97 Å². The number of nitrogens with zero attached hydrogens (tertiary/aromatic N) is 2. The number of aryl methyl sites for hydroxylation is 2. The molecule has 2 N–H and O–H groups in total. The van der Waals surface area contributed by atoms with Crippen LogP contribution >= 0.6 is 0 Å². The Bertz CT molecular complexity index is 579. The molecule has 1 aromatic carbocycles. The predicted molar refractivity (Wildman–Crippen MR) is 76.8 cm³/mol. The number of hydrogen-bond acceptors (Lipinski definition) is 4. The summed E-state index contributed by atoms with van der Waals surface area (Å²) in [7, 11) is 0. The Kier molecular flexibility index (Phi) is 4.30. The summed E-state index contributed by atoms with van der Waals surface area (Å²) in [6, 6.07) is 11.0. The van der Waals surface area contributed by atoms with Gasteiger partial charge in [-0.05, 0) is 19.4 Å². The summed E-state index contributed by atoms with van der Waals surface area (Å²) in [5.74, 6) is -0.144. The lowest BCUT2D eigenvalue weighted by Gasteiger charge is -2.14. The molecule has 5 nitrogen and oxygen atoms in total. The number of hydrogen-bond donors (Lipinski definition) is 2. The standard InChI is InChI=1S/C15H17N3O2/c1-10-8-14(18-11(2)17-10)16-9-13(15(19)20)12-6-4-3-5-7-12/h3-8,13H,9H2,1-2H3,(H,19,20)(H,16,17,18). The van der Waals surface area contributed by atoms with Crippen LogP contribution in [-0.4, -0.2) is 27.6 Å². The molecule has 20 heavy (non-hydrogen) atoms. The molecule has 0 fully saturated rings. The smallest absolute Gasteiger partial charge is 0.312 e. The summed E-state index contributed by atoms with van der Waals surface area (Å²) in [5, 5.41) is 12.4. The van der Waals surface area contributed by atoms with Gasteiger partial charge in [0.25, 0.3) is 0 Å². The zero-order chi connectivity index (χ0) is 14.5. The quantitative estimate of drug-likeness (QED) is 0.873. The Morgan fingerprint density at radius 3 is 2.55 bits per heavy atom. The number of aromatic nitrogens is 2. The van der Waals surface area contributed by atoms with E-state index in [1.165, 1.54) is 0 Å². The van der Waals surface area contributed by atoms with Crippen molar-refractivity contribution in [1.29, 1.82) is 0 Å². The molecule has 0 saturated heterocycles. The minimum Gasteiger partial charge on any atom is -0.481 e. The molecule has 2 aromatic rings. The van der Waals surface area contributed by atoms with E-state index in [0.717, 1.165) is 11.3 Å². The van der Waals surface area contributed by atoms with Crippen LogP contribution < -0.4 is 5.32 Å². The van der Waals surface area contributed by atoms with E-state index in [9.17, 15) is 9.90 Å². The van der Waals surface area contributed by atoms with E-state index >= 15 is 0 Å². The first kappa shape index (κ1) is 14.0. The van der Waals surface area contributed by atoms with Crippen molar-refractivity contribution in [2.24, 2.45) is 0 Å². The lowest BCUT2D eigenvalue weighted by atomic mass is 9.99. The highest BCUT2D eigenvalue weighted by Crippen LogP contribution is 2.17. The van der Waals surface area contributed by atoms with Crippen LogP contribution in [0.15, 0.2) is 36.4 Å². The number of nitrogens with one attached hydrogen (secondary N) is 1. The number of aliphatic carboxylic acids is 1. The van der Waals surface area contributed by atoms with Crippen LogP contribution in [0.5, 0.6) is 0 Å². The molecule has 0 amide bonds. The van der Waals surface area contributed by atoms with Gasteiger partial charge in [-0.1, -0.05) is 30.3 Å². The summed E-state index contributed by atoms with van der Waals surface area (Å²) in [6.07, 6.45) is 0. The van der Waals surface area contributed by atoms with Crippen LogP contribution in [-0.2, 0) is 4.79 Å². The van der Waals surface area contributed by atoms with E-state index in [0.29, 0.717) is 11.6 Å². The Labute approximate surface area is 117 Å². The van der Waals surface area contributed by atoms with Crippen molar-refractivity contribution < 1.29 is 9.90 Å². The number of carbonyl (C=O) groups is 1. The average molecular weight is 271 g/mol. The van der Waals surface area contributed by atoms with Crippen molar-refractivity contribution in [3.8, 4) is 0 Å². The molecule has 0 aliphatic carbocycles. The number of benzene rings is 1. The average Bonchev–Trinajstić information content (AvgIpc) is 2.38. The third-order valence-electron chi connectivity index (χ3n) is 2.95.